The molecule has 4 rings (SSSR count). The third-order valence-electron chi connectivity index (χ3n) is 7.59. The Morgan fingerprint density at radius 3 is 2.53 bits per heavy atom. The van der Waals surface area contributed by atoms with Crippen molar-refractivity contribution in [3.05, 3.63) is 17.2 Å². The second kappa shape index (κ2) is 8.83. The highest BCUT2D eigenvalue weighted by molar-refractivity contribution is 6.74. The largest absolute Gasteiger partial charge is 0.463 e. The first-order chi connectivity index (χ1) is 15.7. The van der Waals surface area contributed by atoms with Crippen LogP contribution in [0.3, 0.4) is 0 Å². The number of nitrogens with zero attached hydrogens (tertiary/aromatic N) is 4. The van der Waals surface area contributed by atoms with Gasteiger partial charge in [0.15, 0.2) is 19.3 Å². The van der Waals surface area contributed by atoms with Crippen LogP contribution < -0.4 is 9.64 Å². The van der Waals surface area contributed by atoms with Gasteiger partial charge in [-0.05, 0) is 50.7 Å². The Labute approximate surface area is 207 Å². The molecule has 2 aliphatic rings. The lowest BCUT2D eigenvalue weighted by molar-refractivity contribution is 0.0447. The first-order valence-corrected chi connectivity index (χ1v) is 15.3. The fourth-order valence-corrected chi connectivity index (χ4v) is 5.22. The van der Waals surface area contributed by atoms with Gasteiger partial charge < -0.3 is 19.2 Å². The molecular formula is C24H36ClFN4O3Si. The topological polar surface area (TPSA) is 80.6 Å². The SMILES string of the molecule is CC(C)(C)[Si](C)(C)OCC1(COc2nc(N3CCC[C@@](C)(O)C3)c3cnc(Cl)c(F)c3n2)CC1. The Kier molecular flexibility index (Phi) is 6.63. The molecule has 1 N–H and O–H groups in total. The van der Waals surface area contributed by atoms with Gasteiger partial charge in [-0.1, -0.05) is 32.4 Å². The predicted octanol–water partition coefficient (Wildman–Crippen LogP) is 5.35. The van der Waals surface area contributed by atoms with E-state index >= 15 is 0 Å². The van der Waals surface area contributed by atoms with E-state index in [0.717, 1.165) is 19.3 Å². The van der Waals surface area contributed by atoms with Gasteiger partial charge in [0.1, 0.15) is 11.3 Å². The van der Waals surface area contributed by atoms with Crippen molar-refractivity contribution >= 4 is 36.6 Å². The van der Waals surface area contributed by atoms with E-state index in [1.165, 1.54) is 6.20 Å². The summed E-state index contributed by atoms with van der Waals surface area (Å²) in [7, 11) is -1.87. The average molecular weight is 511 g/mol. The Balaban J connectivity index is 1.58. The molecule has 1 saturated carbocycles. The Hall–Kier alpha value is -1.55. The molecule has 2 fully saturated rings. The summed E-state index contributed by atoms with van der Waals surface area (Å²) in [5.74, 6) is -0.191. The maximum absolute atomic E-state index is 14.9. The summed E-state index contributed by atoms with van der Waals surface area (Å²) in [5.41, 5.74) is -0.835. The van der Waals surface area contributed by atoms with Crippen LogP contribution in [0.15, 0.2) is 6.20 Å². The van der Waals surface area contributed by atoms with Crippen molar-refractivity contribution in [1.29, 1.82) is 0 Å². The van der Waals surface area contributed by atoms with Crippen molar-refractivity contribution in [2.75, 3.05) is 31.2 Å². The van der Waals surface area contributed by atoms with E-state index in [1.54, 1.807) is 6.92 Å². The van der Waals surface area contributed by atoms with E-state index in [4.69, 9.17) is 20.8 Å². The first-order valence-electron chi connectivity index (χ1n) is 12.0. The summed E-state index contributed by atoms with van der Waals surface area (Å²) < 4.78 is 27.4. The van der Waals surface area contributed by atoms with Crippen LogP contribution in [0.1, 0.15) is 53.4 Å². The number of pyridine rings is 1. The molecule has 1 atom stereocenters. The van der Waals surface area contributed by atoms with Gasteiger partial charge in [-0.2, -0.15) is 9.97 Å². The molecule has 34 heavy (non-hydrogen) atoms. The van der Waals surface area contributed by atoms with E-state index in [2.05, 4.69) is 48.8 Å². The molecule has 1 aliphatic carbocycles. The molecule has 0 radical (unpaired) electrons. The van der Waals surface area contributed by atoms with Crippen LogP contribution in [0.4, 0.5) is 10.2 Å². The highest BCUT2D eigenvalue weighted by Crippen LogP contribution is 2.48. The monoisotopic (exact) mass is 510 g/mol. The van der Waals surface area contributed by atoms with Crippen LogP contribution in [0, 0.1) is 11.2 Å². The predicted molar refractivity (Wildman–Crippen MR) is 135 cm³/mol. The third-order valence-corrected chi connectivity index (χ3v) is 12.3. The Bertz CT molecular complexity index is 1070. The Morgan fingerprint density at radius 1 is 1.21 bits per heavy atom. The number of piperidine rings is 1. The Morgan fingerprint density at radius 2 is 1.91 bits per heavy atom. The van der Waals surface area contributed by atoms with Gasteiger partial charge in [0.05, 0.1) is 17.6 Å². The van der Waals surface area contributed by atoms with Crippen molar-refractivity contribution in [3.63, 3.8) is 0 Å². The fourth-order valence-electron chi connectivity index (χ4n) is 3.98. The van der Waals surface area contributed by atoms with E-state index in [-0.39, 0.29) is 27.1 Å². The number of aromatic nitrogens is 3. The van der Waals surface area contributed by atoms with Gasteiger partial charge in [0.25, 0.3) is 0 Å². The molecule has 7 nitrogen and oxygen atoms in total. The molecule has 0 unspecified atom stereocenters. The van der Waals surface area contributed by atoms with Crippen molar-refractivity contribution in [2.24, 2.45) is 5.41 Å². The number of hydrogen-bond acceptors (Lipinski definition) is 7. The lowest BCUT2D eigenvalue weighted by Gasteiger charge is -2.38. The zero-order chi connectivity index (χ0) is 24.9. The van der Waals surface area contributed by atoms with Gasteiger partial charge in [0, 0.05) is 31.3 Å². The minimum atomic E-state index is -1.87. The van der Waals surface area contributed by atoms with Crippen LogP contribution in [-0.4, -0.2) is 60.3 Å². The molecule has 0 aromatic carbocycles. The molecule has 0 amide bonds. The molecule has 10 heteroatoms. The summed E-state index contributed by atoms with van der Waals surface area (Å²) in [6, 6.07) is 0.104. The summed E-state index contributed by atoms with van der Waals surface area (Å²) in [4.78, 5) is 14.9. The number of β-amino-alcohol motifs (C(OH)–C–C–N with tert-alkyl or cyclic N) is 1. The van der Waals surface area contributed by atoms with Crippen LogP contribution in [0.5, 0.6) is 6.01 Å². The lowest BCUT2D eigenvalue weighted by Crippen LogP contribution is -2.46. The van der Waals surface area contributed by atoms with E-state index in [0.29, 0.717) is 43.9 Å². The van der Waals surface area contributed by atoms with Crippen molar-refractivity contribution in [2.45, 2.75) is 77.1 Å². The normalized spacial score (nSPS) is 22.8. The highest BCUT2D eigenvalue weighted by atomic mass is 35.5. The molecule has 2 aromatic heterocycles. The van der Waals surface area contributed by atoms with Crippen LogP contribution >= 0.6 is 11.6 Å². The van der Waals surface area contributed by atoms with Gasteiger partial charge in [-0.15, -0.1) is 0 Å². The smallest absolute Gasteiger partial charge is 0.319 e. The third kappa shape index (κ3) is 5.32. The summed E-state index contributed by atoms with van der Waals surface area (Å²) in [5, 5.41) is 11.0. The minimum Gasteiger partial charge on any atom is -0.463 e. The quantitative estimate of drug-likeness (QED) is 0.397. The second-order valence-corrected chi connectivity index (χ2v) is 17.0. The van der Waals surface area contributed by atoms with Gasteiger partial charge in [0.2, 0.25) is 0 Å². The number of hydrogen-bond donors (Lipinski definition) is 1. The number of halogens is 2. The summed E-state index contributed by atoms with van der Waals surface area (Å²) in [6.45, 7) is 15.1. The van der Waals surface area contributed by atoms with Crippen molar-refractivity contribution < 1.29 is 18.7 Å². The van der Waals surface area contributed by atoms with Crippen molar-refractivity contribution in [3.8, 4) is 6.01 Å². The maximum Gasteiger partial charge on any atom is 0.319 e. The van der Waals surface area contributed by atoms with Gasteiger partial charge in [-0.3, -0.25) is 0 Å². The minimum absolute atomic E-state index is 0.0583. The van der Waals surface area contributed by atoms with E-state index in [9.17, 15) is 9.50 Å². The molecule has 1 saturated heterocycles. The molecule has 0 spiro atoms. The first kappa shape index (κ1) is 25.5. The lowest BCUT2D eigenvalue weighted by atomic mass is 9.95. The zero-order valence-electron chi connectivity index (χ0n) is 21.0. The van der Waals surface area contributed by atoms with Gasteiger partial charge in [-0.25, -0.2) is 9.37 Å². The second-order valence-electron chi connectivity index (χ2n) is 11.8. The number of anilines is 1. The number of aliphatic hydroxyl groups is 1. The molecule has 1 aliphatic heterocycles. The van der Waals surface area contributed by atoms with Crippen LogP contribution in [0.2, 0.25) is 23.3 Å². The molecule has 3 heterocycles. The van der Waals surface area contributed by atoms with Crippen LogP contribution in [0.25, 0.3) is 10.9 Å². The zero-order valence-corrected chi connectivity index (χ0v) is 22.8. The molecule has 2 aromatic rings. The van der Waals surface area contributed by atoms with Gasteiger partial charge >= 0.3 is 6.01 Å². The van der Waals surface area contributed by atoms with E-state index < -0.39 is 19.7 Å². The highest BCUT2D eigenvalue weighted by Gasteiger charge is 2.47. The fraction of sp³-hybridized carbons (Fsp3) is 0.708. The maximum atomic E-state index is 14.9. The van der Waals surface area contributed by atoms with E-state index in [1.807, 2.05) is 4.90 Å². The van der Waals surface area contributed by atoms with Crippen molar-refractivity contribution in [1.82, 2.24) is 15.0 Å². The number of rotatable bonds is 7. The average Bonchev–Trinajstić information content (AvgIpc) is 3.52. The molecular weight excluding hydrogens is 475 g/mol. The summed E-state index contributed by atoms with van der Waals surface area (Å²) in [6.07, 6.45) is 5.01. The van der Waals surface area contributed by atoms with Crippen LogP contribution in [-0.2, 0) is 4.43 Å². The molecule has 0 bridgehead atoms. The number of fused-ring (bicyclic) bond motifs is 1. The standard InChI is InChI=1S/C24H36ClFN4O3Si/c1-22(2,3)34(5,6)33-15-24(9-10-24)14-32-21-28-18-16(12-27-19(25)17(18)26)20(29-21)30-11-7-8-23(4,31)13-30/h12,31H,7-11,13-15H2,1-6H3/t23-/m1/s1. The number of ether oxygens (including phenoxy) is 1. The molecule has 188 valence electrons. The summed E-state index contributed by atoms with van der Waals surface area (Å²) >= 11 is 5.95.